The molecule has 2 unspecified atom stereocenters. The van der Waals surface area contributed by atoms with E-state index in [-0.39, 0.29) is 12.1 Å². The van der Waals surface area contributed by atoms with E-state index in [1.807, 2.05) is 0 Å². The Morgan fingerprint density at radius 2 is 1.81 bits per heavy atom. The summed E-state index contributed by atoms with van der Waals surface area (Å²) in [6.45, 7) is 4.17. The second-order valence-electron chi connectivity index (χ2n) is 4.54. The van der Waals surface area contributed by atoms with Gasteiger partial charge in [-0.15, -0.1) is 0 Å². The minimum absolute atomic E-state index is 0.0737. The van der Waals surface area contributed by atoms with E-state index in [9.17, 15) is 5.11 Å². The molecule has 0 saturated heterocycles. The molecular weight excluding hydrogens is 198 g/mol. The van der Waals surface area contributed by atoms with E-state index >= 15 is 0 Å². The predicted molar refractivity (Wildman–Crippen MR) is 68.4 cm³/mol. The molecule has 1 aromatic carbocycles. The molecule has 0 bridgehead atoms. The summed E-state index contributed by atoms with van der Waals surface area (Å²) in [5, 5.41) is 9.84. The van der Waals surface area contributed by atoms with E-state index in [0.717, 1.165) is 25.7 Å². The number of nitrogens with two attached hydrogens (primary N) is 1. The van der Waals surface area contributed by atoms with Gasteiger partial charge in [-0.2, -0.15) is 0 Å². The van der Waals surface area contributed by atoms with Crippen LogP contribution in [0.5, 0.6) is 0 Å². The lowest BCUT2D eigenvalue weighted by Crippen LogP contribution is -2.34. The standard InChI is InChI=1S/C14H23NO/c1-3-4-13(15)14(16)10-9-12-7-5-11(2)6-8-12/h5-8,13-14,16H,3-4,9-10,15H2,1-2H3. The van der Waals surface area contributed by atoms with Gasteiger partial charge in [0.15, 0.2) is 0 Å². The van der Waals surface area contributed by atoms with Crippen molar-refractivity contribution in [3.63, 3.8) is 0 Å². The normalized spacial score (nSPS) is 14.8. The third-order valence-corrected chi connectivity index (χ3v) is 2.97. The highest BCUT2D eigenvalue weighted by Crippen LogP contribution is 2.10. The molecule has 90 valence electrons. The quantitative estimate of drug-likeness (QED) is 0.775. The maximum atomic E-state index is 9.84. The first-order valence-corrected chi connectivity index (χ1v) is 6.12. The molecule has 0 heterocycles. The molecule has 16 heavy (non-hydrogen) atoms. The molecule has 0 aliphatic carbocycles. The minimum Gasteiger partial charge on any atom is -0.392 e. The second kappa shape index (κ2) is 6.66. The number of aliphatic hydroxyl groups is 1. The first-order chi connectivity index (χ1) is 7.63. The number of rotatable bonds is 6. The first kappa shape index (κ1) is 13.2. The summed E-state index contributed by atoms with van der Waals surface area (Å²) in [7, 11) is 0. The van der Waals surface area contributed by atoms with Gasteiger partial charge in [-0.1, -0.05) is 43.2 Å². The summed E-state index contributed by atoms with van der Waals surface area (Å²) in [6, 6.07) is 8.37. The van der Waals surface area contributed by atoms with Crippen LogP contribution in [0.2, 0.25) is 0 Å². The van der Waals surface area contributed by atoms with Crippen molar-refractivity contribution in [3.8, 4) is 0 Å². The van der Waals surface area contributed by atoms with Crippen LogP contribution in [-0.4, -0.2) is 17.3 Å². The summed E-state index contributed by atoms with van der Waals surface area (Å²) >= 11 is 0. The van der Waals surface area contributed by atoms with Crippen molar-refractivity contribution in [1.82, 2.24) is 0 Å². The van der Waals surface area contributed by atoms with Gasteiger partial charge in [0.05, 0.1) is 6.10 Å². The Morgan fingerprint density at radius 3 is 2.38 bits per heavy atom. The van der Waals surface area contributed by atoms with Crippen LogP contribution in [0.4, 0.5) is 0 Å². The summed E-state index contributed by atoms with van der Waals surface area (Å²) < 4.78 is 0. The molecule has 2 heteroatoms. The number of hydrogen-bond acceptors (Lipinski definition) is 2. The summed E-state index contributed by atoms with van der Waals surface area (Å²) in [6.07, 6.45) is 3.21. The van der Waals surface area contributed by atoms with E-state index in [0.29, 0.717) is 0 Å². The molecule has 0 radical (unpaired) electrons. The molecule has 1 aromatic rings. The van der Waals surface area contributed by atoms with E-state index in [1.54, 1.807) is 0 Å². The lowest BCUT2D eigenvalue weighted by molar-refractivity contribution is 0.131. The van der Waals surface area contributed by atoms with Crippen molar-refractivity contribution >= 4 is 0 Å². The molecule has 0 saturated carbocycles. The van der Waals surface area contributed by atoms with Gasteiger partial charge in [0, 0.05) is 6.04 Å². The molecule has 0 aromatic heterocycles. The fourth-order valence-corrected chi connectivity index (χ4v) is 1.81. The predicted octanol–water partition coefficient (Wildman–Crippen LogP) is 2.42. The van der Waals surface area contributed by atoms with Gasteiger partial charge in [0.1, 0.15) is 0 Å². The second-order valence-corrected chi connectivity index (χ2v) is 4.54. The van der Waals surface area contributed by atoms with Crippen LogP contribution in [0.1, 0.15) is 37.3 Å². The van der Waals surface area contributed by atoms with Crippen LogP contribution in [-0.2, 0) is 6.42 Å². The smallest absolute Gasteiger partial charge is 0.0694 e. The Kier molecular flexibility index (Phi) is 5.50. The summed E-state index contributed by atoms with van der Waals surface area (Å²) in [4.78, 5) is 0. The highest BCUT2D eigenvalue weighted by Gasteiger charge is 2.13. The fourth-order valence-electron chi connectivity index (χ4n) is 1.81. The third-order valence-electron chi connectivity index (χ3n) is 2.97. The Labute approximate surface area is 98.5 Å². The molecule has 0 aliphatic rings. The monoisotopic (exact) mass is 221 g/mol. The van der Waals surface area contributed by atoms with Crippen LogP contribution in [0.3, 0.4) is 0 Å². The van der Waals surface area contributed by atoms with Gasteiger partial charge < -0.3 is 10.8 Å². The number of hydrogen-bond donors (Lipinski definition) is 2. The number of benzene rings is 1. The topological polar surface area (TPSA) is 46.2 Å². The van der Waals surface area contributed by atoms with Crippen molar-refractivity contribution < 1.29 is 5.11 Å². The van der Waals surface area contributed by atoms with Gasteiger partial charge in [0.2, 0.25) is 0 Å². The Balaban J connectivity index is 2.36. The van der Waals surface area contributed by atoms with Crippen LogP contribution in [0.15, 0.2) is 24.3 Å². The van der Waals surface area contributed by atoms with Crippen molar-refractivity contribution in [1.29, 1.82) is 0 Å². The van der Waals surface area contributed by atoms with E-state index in [4.69, 9.17) is 5.73 Å². The zero-order valence-electron chi connectivity index (χ0n) is 10.3. The summed E-state index contributed by atoms with van der Waals surface area (Å²) in [5.74, 6) is 0. The van der Waals surface area contributed by atoms with Gasteiger partial charge in [-0.25, -0.2) is 0 Å². The van der Waals surface area contributed by atoms with Crippen LogP contribution < -0.4 is 5.73 Å². The fraction of sp³-hybridized carbons (Fsp3) is 0.571. The Bertz CT molecular complexity index is 294. The molecule has 3 N–H and O–H groups in total. The molecule has 0 fully saturated rings. The molecule has 0 spiro atoms. The average Bonchev–Trinajstić information content (AvgIpc) is 2.28. The Hall–Kier alpha value is -0.860. The Morgan fingerprint density at radius 1 is 1.19 bits per heavy atom. The highest BCUT2D eigenvalue weighted by molar-refractivity contribution is 5.21. The van der Waals surface area contributed by atoms with Gasteiger partial charge in [0.25, 0.3) is 0 Å². The molecule has 2 atom stereocenters. The molecular formula is C14H23NO. The van der Waals surface area contributed by atoms with Gasteiger partial charge >= 0.3 is 0 Å². The maximum absolute atomic E-state index is 9.84. The molecule has 0 aliphatic heterocycles. The zero-order chi connectivity index (χ0) is 12.0. The van der Waals surface area contributed by atoms with Gasteiger partial charge in [-0.05, 0) is 31.7 Å². The largest absolute Gasteiger partial charge is 0.392 e. The van der Waals surface area contributed by atoms with Crippen molar-refractivity contribution in [3.05, 3.63) is 35.4 Å². The lowest BCUT2D eigenvalue weighted by atomic mass is 9.99. The van der Waals surface area contributed by atoms with E-state index < -0.39 is 0 Å². The molecule has 1 rings (SSSR count). The SMILES string of the molecule is CCCC(N)C(O)CCc1ccc(C)cc1. The van der Waals surface area contributed by atoms with Gasteiger partial charge in [-0.3, -0.25) is 0 Å². The van der Waals surface area contributed by atoms with E-state index in [1.165, 1.54) is 11.1 Å². The first-order valence-electron chi connectivity index (χ1n) is 6.12. The van der Waals surface area contributed by atoms with Crippen molar-refractivity contribution in [2.75, 3.05) is 0 Å². The number of aryl methyl sites for hydroxylation is 2. The third kappa shape index (κ3) is 4.33. The summed E-state index contributed by atoms with van der Waals surface area (Å²) in [5.41, 5.74) is 8.41. The maximum Gasteiger partial charge on any atom is 0.0694 e. The molecule has 0 amide bonds. The van der Waals surface area contributed by atoms with Crippen molar-refractivity contribution in [2.24, 2.45) is 5.73 Å². The minimum atomic E-state index is -0.374. The lowest BCUT2D eigenvalue weighted by Gasteiger charge is -2.17. The highest BCUT2D eigenvalue weighted by atomic mass is 16.3. The molecule has 2 nitrogen and oxygen atoms in total. The van der Waals surface area contributed by atoms with Crippen LogP contribution in [0, 0.1) is 6.92 Å². The zero-order valence-corrected chi connectivity index (χ0v) is 10.3. The number of aliphatic hydroxyl groups excluding tert-OH is 1. The van der Waals surface area contributed by atoms with Crippen molar-refractivity contribution in [2.45, 2.75) is 51.7 Å². The average molecular weight is 221 g/mol. The van der Waals surface area contributed by atoms with Crippen LogP contribution in [0.25, 0.3) is 0 Å². The van der Waals surface area contributed by atoms with E-state index in [2.05, 4.69) is 38.1 Å². The van der Waals surface area contributed by atoms with Crippen LogP contribution >= 0.6 is 0 Å².